The van der Waals surface area contributed by atoms with Crippen molar-refractivity contribution < 1.29 is 17.9 Å². The third kappa shape index (κ3) is 4.17. The first-order valence-electron chi connectivity index (χ1n) is 10.6. The van der Waals surface area contributed by atoms with E-state index in [1.807, 2.05) is 6.92 Å². The summed E-state index contributed by atoms with van der Waals surface area (Å²) in [6, 6.07) is 4.75. The summed E-state index contributed by atoms with van der Waals surface area (Å²) in [5.41, 5.74) is 1.02. The molecule has 1 aliphatic rings. The van der Waals surface area contributed by atoms with Crippen molar-refractivity contribution in [1.82, 2.24) is 19.1 Å². The summed E-state index contributed by atoms with van der Waals surface area (Å²) in [4.78, 5) is 43.9. The summed E-state index contributed by atoms with van der Waals surface area (Å²) in [7, 11) is -1.75. The van der Waals surface area contributed by atoms with E-state index >= 15 is 0 Å². The topological polar surface area (TPSA) is 136 Å². The van der Waals surface area contributed by atoms with Crippen molar-refractivity contribution in [1.29, 1.82) is 0 Å². The van der Waals surface area contributed by atoms with Crippen LogP contribution in [0.15, 0.2) is 27.8 Å². The van der Waals surface area contributed by atoms with Gasteiger partial charge in [-0.15, -0.1) is 0 Å². The number of aryl methyl sites for hydroxylation is 2. The molecule has 2 aromatic heterocycles. The lowest BCUT2D eigenvalue weighted by Gasteiger charge is -2.16. The van der Waals surface area contributed by atoms with E-state index in [2.05, 4.69) is 9.97 Å². The number of rotatable bonds is 7. The van der Waals surface area contributed by atoms with E-state index in [-0.39, 0.29) is 17.8 Å². The van der Waals surface area contributed by atoms with Crippen molar-refractivity contribution >= 4 is 32.8 Å². The van der Waals surface area contributed by atoms with E-state index in [1.165, 1.54) is 19.5 Å². The molecule has 1 aliphatic heterocycles. The molecular weight excluding hydrogens is 450 g/mol. The molecule has 0 spiro atoms. The standard InChI is InChI=1S/C21H25N5O6S/c1-4-5-9-25-18-17(19(27)23-21(25)29)24(2)16(22-18)12-32-20(28)14-6-7-15-13(11-14)8-10-26(15)33(3,30)31/h6-7,11H,4-5,8-10,12H2,1-3H3,(H,23,27,29). The minimum Gasteiger partial charge on any atom is -0.454 e. The van der Waals surface area contributed by atoms with Gasteiger partial charge in [-0.25, -0.2) is 23.0 Å². The molecule has 0 saturated heterocycles. The highest BCUT2D eigenvalue weighted by Crippen LogP contribution is 2.31. The Morgan fingerprint density at radius 3 is 2.73 bits per heavy atom. The molecule has 0 bridgehead atoms. The Balaban J connectivity index is 1.57. The van der Waals surface area contributed by atoms with Crippen LogP contribution in [-0.4, -0.2) is 46.3 Å². The molecule has 0 unspecified atom stereocenters. The van der Waals surface area contributed by atoms with Crippen LogP contribution in [0.5, 0.6) is 0 Å². The van der Waals surface area contributed by atoms with Crippen molar-refractivity contribution in [2.75, 3.05) is 17.1 Å². The highest BCUT2D eigenvalue weighted by atomic mass is 32.2. The first-order chi connectivity index (χ1) is 15.6. The number of nitrogens with one attached hydrogen (secondary N) is 1. The number of imidazole rings is 1. The molecule has 0 amide bonds. The van der Waals surface area contributed by atoms with E-state index in [4.69, 9.17) is 4.74 Å². The Morgan fingerprint density at radius 2 is 2.03 bits per heavy atom. The first-order valence-corrected chi connectivity index (χ1v) is 12.4. The molecule has 11 nitrogen and oxygen atoms in total. The van der Waals surface area contributed by atoms with Gasteiger partial charge in [0.1, 0.15) is 12.4 Å². The molecular formula is C21H25N5O6S. The number of esters is 1. The molecule has 1 aromatic carbocycles. The lowest BCUT2D eigenvalue weighted by Crippen LogP contribution is -2.31. The predicted octanol–water partition coefficient (Wildman–Crippen LogP) is 0.903. The minimum absolute atomic E-state index is 0.196. The SMILES string of the molecule is CCCCn1c(=O)[nH]c(=O)c2c1nc(COC(=O)c1ccc3c(c1)CCN3S(C)(=O)=O)n2C. The highest BCUT2D eigenvalue weighted by molar-refractivity contribution is 7.92. The fourth-order valence-electron chi connectivity index (χ4n) is 4.00. The highest BCUT2D eigenvalue weighted by Gasteiger charge is 2.27. The van der Waals surface area contributed by atoms with Crippen LogP contribution in [0.2, 0.25) is 0 Å². The molecule has 3 aromatic rings. The second-order valence-corrected chi connectivity index (χ2v) is 9.94. The molecule has 0 atom stereocenters. The number of H-pyrrole nitrogens is 1. The van der Waals surface area contributed by atoms with Gasteiger partial charge in [-0.05, 0) is 36.6 Å². The number of ether oxygens (including phenoxy) is 1. The third-order valence-corrected chi connectivity index (χ3v) is 6.92. The molecule has 33 heavy (non-hydrogen) atoms. The second-order valence-electron chi connectivity index (χ2n) is 8.03. The smallest absolute Gasteiger partial charge is 0.338 e. The van der Waals surface area contributed by atoms with Gasteiger partial charge in [-0.1, -0.05) is 13.3 Å². The molecule has 12 heteroatoms. The maximum atomic E-state index is 12.6. The van der Waals surface area contributed by atoms with E-state index in [0.29, 0.717) is 36.6 Å². The van der Waals surface area contributed by atoms with Crippen LogP contribution in [0, 0.1) is 0 Å². The van der Waals surface area contributed by atoms with Crippen LogP contribution in [0.1, 0.15) is 41.5 Å². The number of fused-ring (bicyclic) bond motifs is 2. The van der Waals surface area contributed by atoms with Gasteiger partial charge in [0.15, 0.2) is 11.2 Å². The van der Waals surface area contributed by atoms with Crippen molar-refractivity contribution in [3.05, 3.63) is 56.0 Å². The summed E-state index contributed by atoms with van der Waals surface area (Å²) in [5, 5.41) is 0. The molecule has 176 valence electrons. The lowest BCUT2D eigenvalue weighted by atomic mass is 10.1. The number of hydrogen-bond acceptors (Lipinski definition) is 7. The molecule has 4 rings (SSSR count). The fraction of sp³-hybridized carbons (Fsp3) is 0.429. The monoisotopic (exact) mass is 475 g/mol. The van der Waals surface area contributed by atoms with Gasteiger partial charge in [0.2, 0.25) is 10.0 Å². The summed E-state index contributed by atoms with van der Waals surface area (Å²) in [5.74, 6) is -0.274. The molecule has 0 saturated carbocycles. The van der Waals surface area contributed by atoms with E-state index in [9.17, 15) is 22.8 Å². The van der Waals surface area contributed by atoms with Crippen molar-refractivity contribution in [2.24, 2.45) is 7.05 Å². The average molecular weight is 476 g/mol. The molecule has 0 fully saturated rings. The maximum absolute atomic E-state index is 12.6. The zero-order valence-corrected chi connectivity index (χ0v) is 19.4. The Morgan fingerprint density at radius 1 is 1.27 bits per heavy atom. The molecule has 3 heterocycles. The van der Waals surface area contributed by atoms with Crippen LogP contribution in [-0.2, 0) is 41.4 Å². The van der Waals surface area contributed by atoms with E-state index < -0.39 is 27.2 Å². The Bertz CT molecular complexity index is 1470. The normalized spacial score (nSPS) is 13.5. The number of sulfonamides is 1. The lowest BCUT2D eigenvalue weighted by molar-refractivity contribution is 0.0459. The van der Waals surface area contributed by atoms with Crippen LogP contribution >= 0.6 is 0 Å². The Kier molecular flexibility index (Phi) is 5.87. The first kappa shape index (κ1) is 22.8. The molecule has 0 aliphatic carbocycles. The van der Waals surface area contributed by atoms with Gasteiger partial charge in [0.05, 0.1) is 17.5 Å². The minimum atomic E-state index is -3.38. The van der Waals surface area contributed by atoms with Gasteiger partial charge in [-0.3, -0.25) is 18.7 Å². The second kappa shape index (κ2) is 8.50. The van der Waals surface area contributed by atoms with E-state index in [0.717, 1.165) is 24.7 Å². The Labute approximate surface area is 189 Å². The zero-order chi connectivity index (χ0) is 23.9. The van der Waals surface area contributed by atoms with Gasteiger partial charge in [-0.2, -0.15) is 0 Å². The molecule has 1 N–H and O–H groups in total. The number of carbonyl (C=O) groups is 1. The number of aromatic amines is 1. The summed E-state index contributed by atoms with van der Waals surface area (Å²) in [6.45, 7) is 2.55. The van der Waals surface area contributed by atoms with Crippen molar-refractivity contribution in [3.63, 3.8) is 0 Å². The number of hydrogen-bond donors (Lipinski definition) is 1. The van der Waals surface area contributed by atoms with Crippen LogP contribution in [0.3, 0.4) is 0 Å². The fourth-order valence-corrected chi connectivity index (χ4v) is 4.96. The van der Waals surface area contributed by atoms with Crippen LogP contribution in [0.4, 0.5) is 5.69 Å². The van der Waals surface area contributed by atoms with Gasteiger partial charge in [0, 0.05) is 20.1 Å². The number of unbranched alkanes of at least 4 members (excludes halogenated alkanes) is 1. The number of anilines is 1. The largest absolute Gasteiger partial charge is 0.454 e. The van der Waals surface area contributed by atoms with Gasteiger partial charge in [0.25, 0.3) is 5.56 Å². The van der Waals surface area contributed by atoms with Crippen molar-refractivity contribution in [3.8, 4) is 0 Å². The Hall–Kier alpha value is -3.41. The van der Waals surface area contributed by atoms with Gasteiger partial charge >= 0.3 is 11.7 Å². The van der Waals surface area contributed by atoms with Crippen molar-refractivity contribution in [2.45, 2.75) is 39.3 Å². The van der Waals surface area contributed by atoms with Crippen LogP contribution < -0.4 is 15.6 Å². The maximum Gasteiger partial charge on any atom is 0.338 e. The summed E-state index contributed by atoms with van der Waals surface area (Å²) in [6.07, 6.45) is 3.27. The van der Waals surface area contributed by atoms with Crippen LogP contribution in [0.25, 0.3) is 11.2 Å². The van der Waals surface area contributed by atoms with E-state index in [1.54, 1.807) is 19.2 Å². The summed E-state index contributed by atoms with van der Waals surface area (Å²) < 4.78 is 33.4. The number of aromatic nitrogens is 4. The number of benzene rings is 1. The predicted molar refractivity (Wildman–Crippen MR) is 122 cm³/mol. The third-order valence-electron chi connectivity index (χ3n) is 5.74. The quantitative estimate of drug-likeness (QED) is 0.501. The number of nitrogens with zero attached hydrogens (tertiary/aromatic N) is 4. The average Bonchev–Trinajstić information content (AvgIpc) is 3.32. The van der Waals surface area contributed by atoms with Gasteiger partial charge < -0.3 is 9.30 Å². The summed E-state index contributed by atoms with van der Waals surface area (Å²) >= 11 is 0. The number of carbonyl (C=O) groups excluding carboxylic acids is 1. The zero-order valence-electron chi connectivity index (χ0n) is 18.6. The molecule has 0 radical (unpaired) electrons.